The molecule has 1 aromatic heterocycles. The Morgan fingerprint density at radius 2 is 2.00 bits per heavy atom. The maximum absolute atomic E-state index is 12.7. The van der Waals surface area contributed by atoms with Gasteiger partial charge in [0.15, 0.2) is 0 Å². The maximum atomic E-state index is 12.7. The molecular formula is C19H24N4O2S. The third-order valence-corrected chi connectivity index (χ3v) is 5.27. The van der Waals surface area contributed by atoms with Gasteiger partial charge in [0.2, 0.25) is 11.8 Å². The van der Waals surface area contributed by atoms with E-state index in [0.717, 1.165) is 28.4 Å². The molecule has 0 bridgehead atoms. The normalized spacial score (nSPS) is 13.2. The molecule has 1 aliphatic rings. The van der Waals surface area contributed by atoms with Crippen molar-refractivity contribution in [3.8, 4) is 11.3 Å². The Morgan fingerprint density at radius 1 is 1.23 bits per heavy atom. The molecule has 7 heteroatoms. The Morgan fingerprint density at radius 3 is 2.65 bits per heavy atom. The number of anilines is 1. The minimum Gasteiger partial charge on any atom is -0.348 e. The zero-order valence-corrected chi connectivity index (χ0v) is 16.5. The van der Waals surface area contributed by atoms with Crippen LogP contribution in [0, 0.1) is 6.92 Å². The summed E-state index contributed by atoms with van der Waals surface area (Å²) < 4.78 is 0. The predicted molar refractivity (Wildman–Crippen MR) is 105 cm³/mol. The second kappa shape index (κ2) is 7.55. The first kappa shape index (κ1) is 18.5. The van der Waals surface area contributed by atoms with E-state index in [1.54, 1.807) is 37.4 Å². The largest absolute Gasteiger partial charge is 0.348 e. The maximum Gasteiger partial charge on any atom is 0.241 e. The number of carbonyl (C=O) groups excluding carboxylic acids is 2. The van der Waals surface area contributed by atoms with Gasteiger partial charge >= 0.3 is 0 Å². The summed E-state index contributed by atoms with van der Waals surface area (Å²) in [6, 6.07) is 6.17. The molecule has 0 unspecified atom stereocenters. The summed E-state index contributed by atoms with van der Waals surface area (Å²) >= 11 is 1.64. The van der Waals surface area contributed by atoms with E-state index in [1.807, 2.05) is 24.0 Å². The number of nitrogens with zero attached hydrogens (tertiary/aromatic N) is 4. The number of thiazole rings is 1. The van der Waals surface area contributed by atoms with Crippen molar-refractivity contribution in [1.82, 2.24) is 14.8 Å². The van der Waals surface area contributed by atoms with Gasteiger partial charge in [0.1, 0.15) is 0 Å². The fourth-order valence-electron chi connectivity index (χ4n) is 3.06. The lowest BCUT2D eigenvalue weighted by atomic mass is 10.1. The van der Waals surface area contributed by atoms with Crippen LogP contribution in [0.2, 0.25) is 0 Å². The lowest BCUT2D eigenvalue weighted by molar-refractivity contribution is -0.130. The van der Waals surface area contributed by atoms with Crippen LogP contribution in [-0.4, -0.2) is 67.4 Å². The molecule has 2 amide bonds. The van der Waals surface area contributed by atoms with Gasteiger partial charge in [0.05, 0.1) is 23.8 Å². The predicted octanol–water partition coefficient (Wildman–Crippen LogP) is 2.03. The highest BCUT2D eigenvalue weighted by Gasteiger charge is 2.26. The molecule has 0 saturated heterocycles. The van der Waals surface area contributed by atoms with Crippen molar-refractivity contribution in [3.63, 3.8) is 0 Å². The number of benzene rings is 1. The Hall–Kier alpha value is -2.25. The first-order valence-corrected chi connectivity index (χ1v) is 9.47. The van der Waals surface area contributed by atoms with Gasteiger partial charge in [-0.1, -0.05) is 6.07 Å². The van der Waals surface area contributed by atoms with Crippen LogP contribution < -0.4 is 4.90 Å². The van der Waals surface area contributed by atoms with Gasteiger partial charge in [0.25, 0.3) is 0 Å². The number of likely N-dealkylation sites (N-methyl/N-ethyl adjacent to an activating group) is 2. The van der Waals surface area contributed by atoms with E-state index in [-0.39, 0.29) is 24.9 Å². The third kappa shape index (κ3) is 3.94. The molecule has 1 aromatic carbocycles. The van der Waals surface area contributed by atoms with E-state index in [1.165, 1.54) is 10.5 Å². The molecule has 6 nitrogen and oxygen atoms in total. The van der Waals surface area contributed by atoms with Crippen molar-refractivity contribution < 1.29 is 9.59 Å². The average Bonchev–Trinajstić information content (AvgIpc) is 3.19. The van der Waals surface area contributed by atoms with Crippen molar-refractivity contribution in [3.05, 3.63) is 34.2 Å². The zero-order valence-electron chi connectivity index (χ0n) is 15.7. The summed E-state index contributed by atoms with van der Waals surface area (Å²) in [4.78, 5) is 34.1. The molecule has 0 aliphatic carbocycles. The highest BCUT2D eigenvalue weighted by atomic mass is 32.1. The number of carbonyl (C=O) groups is 2. The van der Waals surface area contributed by atoms with Gasteiger partial charge in [-0.15, -0.1) is 11.3 Å². The number of rotatable bonds is 5. The first-order chi connectivity index (χ1) is 12.3. The van der Waals surface area contributed by atoms with Crippen LogP contribution in [0.5, 0.6) is 0 Å². The summed E-state index contributed by atoms with van der Waals surface area (Å²) in [5.74, 6) is 0.0142. The molecule has 26 heavy (non-hydrogen) atoms. The van der Waals surface area contributed by atoms with Crippen molar-refractivity contribution >= 4 is 28.8 Å². The average molecular weight is 372 g/mol. The van der Waals surface area contributed by atoms with Crippen molar-refractivity contribution in [2.45, 2.75) is 13.3 Å². The van der Waals surface area contributed by atoms with Crippen molar-refractivity contribution in [2.75, 3.05) is 45.7 Å². The number of aromatic nitrogens is 1. The number of aryl methyl sites for hydroxylation is 1. The van der Waals surface area contributed by atoms with Crippen LogP contribution in [0.3, 0.4) is 0 Å². The topological polar surface area (TPSA) is 56.8 Å². The van der Waals surface area contributed by atoms with E-state index in [2.05, 4.69) is 16.4 Å². The van der Waals surface area contributed by atoms with Crippen LogP contribution >= 0.6 is 11.3 Å². The molecule has 0 fully saturated rings. The molecule has 3 rings (SSSR count). The Kier molecular flexibility index (Phi) is 5.38. The Labute approximate surface area is 158 Å². The van der Waals surface area contributed by atoms with Crippen molar-refractivity contribution in [2.24, 2.45) is 0 Å². The van der Waals surface area contributed by atoms with Gasteiger partial charge in [-0.05, 0) is 38.1 Å². The Balaban J connectivity index is 1.69. The van der Waals surface area contributed by atoms with E-state index in [9.17, 15) is 9.59 Å². The smallest absolute Gasteiger partial charge is 0.241 e. The van der Waals surface area contributed by atoms with Gasteiger partial charge < -0.3 is 9.80 Å². The van der Waals surface area contributed by atoms with E-state index < -0.39 is 0 Å². The van der Waals surface area contributed by atoms with E-state index >= 15 is 0 Å². The first-order valence-electron chi connectivity index (χ1n) is 8.59. The molecular weight excluding hydrogens is 348 g/mol. The summed E-state index contributed by atoms with van der Waals surface area (Å²) in [6.07, 6.45) is 0.846. The molecule has 0 saturated carbocycles. The lowest BCUT2D eigenvalue weighted by Crippen LogP contribution is -2.42. The number of hydrogen-bond donors (Lipinski definition) is 0. The standard InChI is InChI=1S/C19H24N4O2S/c1-13-20-16(12-26-13)14-5-6-17-15(9-14)7-8-23(17)19(25)11-22(4)10-18(24)21(2)3/h5-6,9,12H,7-8,10-11H2,1-4H3. The van der Waals surface area contributed by atoms with E-state index in [0.29, 0.717) is 6.54 Å². The fraction of sp³-hybridized carbons (Fsp3) is 0.421. The quantitative estimate of drug-likeness (QED) is 0.806. The molecule has 138 valence electrons. The molecule has 0 N–H and O–H groups in total. The Bertz CT molecular complexity index is 831. The van der Waals surface area contributed by atoms with Crippen LogP contribution in [0.1, 0.15) is 10.6 Å². The molecule has 1 aliphatic heterocycles. The summed E-state index contributed by atoms with van der Waals surface area (Å²) in [6.45, 7) is 3.15. The van der Waals surface area contributed by atoms with Crippen LogP contribution in [-0.2, 0) is 16.0 Å². The fourth-order valence-corrected chi connectivity index (χ4v) is 3.68. The number of fused-ring (bicyclic) bond motifs is 1. The molecule has 2 aromatic rings. The van der Waals surface area contributed by atoms with E-state index in [4.69, 9.17) is 0 Å². The minimum atomic E-state index is -0.00896. The second-order valence-electron chi connectivity index (χ2n) is 6.85. The monoisotopic (exact) mass is 372 g/mol. The van der Waals surface area contributed by atoms with Crippen LogP contribution in [0.15, 0.2) is 23.6 Å². The third-order valence-electron chi connectivity index (χ3n) is 4.50. The SMILES string of the molecule is Cc1nc(-c2ccc3c(c2)CCN3C(=O)CN(C)CC(=O)N(C)C)cs1. The molecule has 0 radical (unpaired) electrons. The van der Waals surface area contributed by atoms with Crippen molar-refractivity contribution in [1.29, 1.82) is 0 Å². The highest BCUT2D eigenvalue weighted by molar-refractivity contribution is 7.09. The zero-order chi connectivity index (χ0) is 18.8. The summed E-state index contributed by atoms with van der Waals surface area (Å²) in [5, 5.41) is 3.11. The van der Waals surface area contributed by atoms with Gasteiger partial charge in [-0.25, -0.2) is 4.98 Å². The second-order valence-corrected chi connectivity index (χ2v) is 7.91. The van der Waals surface area contributed by atoms with Crippen LogP contribution in [0.4, 0.5) is 5.69 Å². The lowest BCUT2D eigenvalue weighted by Gasteiger charge is -2.23. The van der Waals surface area contributed by atoms with Gasteiger partial charge in [-0.2, -0.15) is 0 Å². The van der Waals surface area contributed by atoms with Gasteiger partial charge in [0, 0.05) is 37.3 Å². The summed E-state index contributed by atoms with van der Waals surface area (Å²) in [5.41, 5.74) is 4.23. The van der Waals surface area contributed by atoms with Crippen LogP contribution in [0.25, 0.3) is 11.3 Å². The number of hydrogen-bond acceptors (Lipinski definition) is 5. The highest BCUT2D eigenvalue weighted by Crippen LogP contribution is 2.32. The van der Waals surface area contributed by atoms with Gasteiger partial charge in [-0.3, -0.25) is 14.5 Å². The molecule has 0 atom stereocenters. The minimum absolute atomic E-state index is 0.00896. The molecule has 0 spiro atoms. The summed E-state index contributed by atoms with van der Waals surface area (Å²) in [7, 11) is 5.23. The molecule has 2 heterocycles. The number of amides is 2.